The number of aliphatic hydroxyl groups excluding tert-OH is 1. The number of thiophene rings is 1. The van der Waals surface area contributed by atoms with Crippen molar-refractivity contribution in [1.29, 1.82) is 0 Å². The van der Waals surface area contributed by atoms with Crippen LogP contribution in [0.2, 0.25) is 0 Å². The molecule has 7 nitrogen and oxygen atoms in total. The molecule has 1 aliphatic heterocycles. The van der Waals surface area contributed by atoms with Gasteiger partial charge in [0.1, 0.15) is 5.84 Å². The Morgan fingerprint density at radius 2 is 2.21 bits per heavy atom. The third-order valence-corrected chi connectivity index (χ3v) is 4.91. The van der Waals surface area contributed by atoms with Crippen LogP contribution < -0.4 is 11.1 Å². The molecule has 156 valence electrons. The maximum absolute atomic E-state index is 13.1. The molecule has 2 heterocycles. The molecule has 0 saturated carbocycles. The molecule has 0 aromatic carbocycles. The summed E-state index contributed by atoms with van der Waals surface area (Å²) in [5, 5.41) is 14.7. The molecule has 1 atom stereocenters. The molecule has 0 aliphatic carbocycles. The van der Waals surface area contributed by atoms with Crippen LogP contribution in [-0.4, -0.2) is 53.4 Å². The van der Waals surface area contributed by atoms with E-state index in [0.29, 0.717) is 43.9 Å². The molecule has 0 spiro atoms. The van der Waals surface area contributed by atoms with Gasteiger partial charge in [-0.05, 0) is 51.1 Å². The minimum absolute atomic E-state index is 0.00672. The first kappa shape index (κ1) is 22.5. The van der Waals surface area contributed by atoms with E-state index < -0.39 is 12.0 Å². The first-order valence-corrected chi connectivity index (χ1v) is 10.6. The number of fused-ring (bicyclic) bond motifs is 1. The van der Waals surface area contributed by atoms with Crippen molar-refractivity contribution in [3.63, 3.8) is 0 Å². The summed E-state index contributed by atoms with van der Waals surface area (Å²) in [4.78, 5) is 20.3. The van der Waals surface area contributed by atoms with Crippen molar-refractivity contribution in [2.45, 2.75) is 59.0 Å². The van der Waals surface area contributed by atoms with Crippen LogP contribution >= 0.6 is 11.3 Å². The van der Waals surface area contributed by atoms with E-state index in [4.69, 9.17) is 10.5 Å². The van der Waals surface area contributed by atoms with Gasteiger partial charge in [-0.15, -0.1) is 11.3 Å². The number of amides is 1. The van der Waals surface area contributed by atoms with Gasteiger partial charge in [0.15, 0.2) is 0 Å². The Morgan fingerprint density at radius 1 is 1.46 bits per heavy atom. The SMILES string of the molecule is CCCN(CCCNC(O)OC(C)(C)C)C(=O)C1=Cc2sccc2N=C(N)C1. The molecular formula is C20H32N4O3S. The van der Waals surface area contributed by atoms with Gasteiger partial charge in [-0.3, -0.25) is 10.1 Å². The van der Waals surface area contributed by atoms with Gasteiger partial charge in [0.2, 0.25) is 12.3 Å². The number of ether oxygens (including phenoxy) is 1. The van der Waals surface area contributed by atoms with Crippen molar-refractivity contribution in [2.75, 3.05) is 19.6 Å². The lowest BCUT2D eigenvalue weighted by Gasteiger charge is -2.26. The predicted octanol–water partition coefficient (Wildman–Crippen LogP) is 2.83. The van der Waals surface area contributed by atoms with E-state index >= 15 is 0 Å². The van der Waals surface area contributed by atoms with E-state index in [1.165, 1.54) is 0 Å². The molecule has 1 aliphatic rings. The lowest BCUT2D eigenvalue weighted by molar-refractivity contribution is -0.181. The molecule has 0 bridgehead atoms. The van der Waals surface area contributed by atoms with Crippen molar-refractivity contribution in [1.82, 2.24) is 10.2 Å². The summed E-state index contributed by atoms with van der Waals surface area (Å²) in [5.74, 6) is 0.449. The Kier molecular flexibility index (Phi) is 8.18. The quantitative estimate of drug-likeness (QED) is 0.431. The molecule has 0 radical (unpaired) electrons. The van der Waals surface area contributed by atoms with Crippen molar-refractivity contribution in [3.05, 3.63) is 21.9 Å². The van der Waals surface area contributed by atoms with Crippen LogP contribution in [0, 0.1) is 0 Å². The highest BCUT2D eigenvalue weighted by atomic mass is 32.1. The van der Waals surface area contributed by atoms with Crippen LogP contribution in [0.1, 0.15) is 51.8 Å². The molecule has 0 fully saturated rings. The van der Waals surface area contributed by atoms with Crippen molar-refractivity contribution in [2.24, 2.45) is 10.7 Å². The Hall–Kier alpha value is -1.74. The zero-order chi connectivity index (χ0) is 20.7. The van der Waals surface area contributed by atoms with Crippen LogP contribution in [-0.2, 0) is 9.53 Å². The minimum Gasteiger partial charge on any atom is -0.387 e. The van der Waals surface area contributed by atoms with E-state index in [9.17, 15) is 9.90 Å². The van der Waals surface area contributed by atoms with Gasteiger partial charge in [0.25, 0.3) is 0 Å². The second kappa shape index (κ2) is 10.2. The van der Waals surface area contributed by atoms with Crippen molar-refractivity contribution in [3.8, 4) is 0 Å². The molecule has 0 saturated heterocycles. The van der Waals surface area contributed by atoms with E-state index in [0.717, 1.165) is 17.0 Å². The molecule has 1 amide bonds. The highest BCUT2D eigenvalue weighted by molar-refractivity contribution is 7.11. The topological polar surface area (TPSA) is 100 Å². The molecule has 2 rings (SSSR count). The van der Waals surface area contributed by atoms with Crippen LogP contribution in [0.15, 0.2) is 22.0 Å². The lowest BCUT2D eigenvalue weighted by atomic mass is 10.1. The number of carbonyl (C=O) groups excluding carboxylic acids is 1. The van der Waals surface area contributed by atoms with E-state index in [1.54, 1.807) is 11.3 Å². The Labute approximate surface area is 171 Å². The van der Waals surface area contributed by atoms with E-state index in [2.05, 4.69) is 10.3 Å². The third kappa shape index (κ3) is 7.01. The smallest absolute Gasteiger partial charge is 0.250 e. The van der Waals surface area contributed by atoms with Crippen LogP contribution in [0.3, 0.4) is 0 Å². The second-order valence-corrected chi connectivity index (χ2v) is 8.75. The number of aliphatic imine (C=N–C) groups is 1. The average Bonchev–Trinajstić information content (AvgIpc) is 2.94. The third-order valence-electron chi connectivity index (χ3n) is 4.06. The van der Waals surface area contributed by atoms with Gasteiger partial charge in [-0.25, -0.2) is 4.99 Å². The van der Waals surface area contributed by atoms with E-state index in [-0.39, 0.29) is 5.91 Å². The maximum Gasteiger partial charge on any atom is 0.250 e. The fourth-order valence-corrected chi connectivity index (χ4v) is 3.70. The molecule has 4 N–H and O–H groups in total. The average molecular weight is 409 g/mol. The van der Waals surface area contributed by atoms with Crippen molar-refractivity contribution >= 4 is 34.8 Å². The number of hydrogen-bond acceptors (Lipinski definition) is 7. The largest absolute Gasteiger partial charge is 0.387 e. The van der Waals surface area contributed by atoms with Crippen LogP contribution in [0.4, 0.5) is 5.69 Å². The summed E-state index contributed by atoms with van der Waals surface area (Å²) in [6.45, 7) is 9.51. The normalized spacial score (nSPS) is 15.3. The summed E-state index contributed by atoms with van der Waals surface area (Å²) in [6, 6.07) is 1.91. The monoisotopic (exact) mass is 408 g/mol. The fraction of sp³-hybridized carbons (Fsp3) is 0.600. The maximum atomic E-state index is 13.1. The summed E-state index contributed by atoms with van der Waals surface area (Å²) < 4.78 is 5.42. The molecule has 1 unspecified atom stereocenters. The number of rotatable bonds is 9. The van der Waals surface area contributed by atoms with Gasteiger partial charge in [-0.2, -0.15) is 0 Å². The zero-order valence-electron chi connectivity index (χ0n) is 17.2. The Balaban J connectivity index is 1.94. The number of nitrogens with two attached hydrogens (primary N) is 1. The number of amidine groups is 1. The first-order chi connectivity index (χ1) is 13.2. The standard InChI is InChI=1S/C20H32N4O3S/c1-5-9-24(10-6-8-22-19(26)27-20(2,3)4)18(25)14-12-16-15(7-11-28-16)23-17(21)13-14/h7,11-12,19,22,26H,5-6,8-10,13H2,1-4H3,(H2,21,23). The lowest BCUT2D eigenvalue weighted by Crippen LogP contribution is -2.40. The summed E-state index contributed by atoms with van der Waals surface area (Å²) in [6.07, 6.45) is 2.82. The molecule has 8 heteroatoms. The summed E-state index contributed by atoms with van der Waals surface area (Å²) in [5.41, 5.74) is 7.07. The van der Waals surface area contributed by atoms with Gasteiger partial charge < -0.3 is 20.5 Å². The van der Waals surface area contributed by atoms with Gasteiger partial charge in [0.05, 0.1) is 16.2 Å². The highest BCUT2D eigenvalue weighted by Crippen LogP contribution is 2.31. The first-order valence-electron chi connectivity index (χ1n) is 9.69. The van der Waals surface area contributed by atoms with E-state index in [1.807, 2.05) is 50.1 Å². The number of carbonyl (C=O) groups is 1. The number of hydrogen-bond donors (Lipinski definition) is 3. The summed E-state index contributed by atoms with van der Waals surface area (Å²) >= 11 is 1.55. The molecular weight excluding hydrogens is 376 g/mol. The molecule has 28 heavy (non-hydrogen) atoms. The summed E-state index contributed by atoms with van der Waals surface area (Å²) in [7, 11) is 0. The number of aliphatic hydroxyl groups is 1. The van der Waals surface area contributed by atoms with Gasteiger partial charge in [-0.1, -0.05) is 6.92 Å². The number of nitrogens with zero attached hydrogens (tertiary/aromatic N) is 2. The zero-order valence-corrected chi connectivity index (χ0v) is 18.0. The molecule has 1 aromatic heterocycles. The number of nitrogens with one attached hydrogen (secondary N) is 1. The predicted molar refractivity (Wildman–Crippen MR) is 115 cm³/mol. The van der Waals surface area contributed by atoms with Crippen LogP contribution in [0.5, 0.6) is 0 Å². The highest BCUT2D eigenvalue weighted by Gasteiger charge is 2.22. The second-order valence-electron chi connectivity index (χ2n) is 7.80. The van der Waals surface area contributed by atoms with Crippen molar-refractivity contribution < 1.29 is 14.6 Å². The Bertz CT molecular complexity index is 721. The minimum atomic E-state index is -1.02. The Morgan fingerprint density at radius 3 is 2.89 bits per heavy atom. The molecule has 1 aromatic rings. The van der Waals surface area contributed by atoms with Crippen LogP contribution in [0.25, 0.3) is 6.08 Å². The fourth-order valence-electron chi connectivity index (χ4n) is 2.91. The van der Waals surface area contributed by atoms with Gasteiger partial charge >= 0.3 is 0 Å². The van der Waals surface area contributed by atoms with Gasteiger partial charge in [0, 0.05) is 31.6 Å².